The topological polar surface area (TPSA) is 49.3 Å². The van der Waals surface area contributed by atoms with E-state index in [1.54, 1.807) is 18.2 Å². The summed E-state index contributed by atoms with van der Waals surface area (Å²) >= 11 is 6.57. The number of carbonyl (C=O) groups excluding carboxylic acids is 1. The summed E-state index contributed by atoms with van der Waals surface area (Å²) in [6.07, 6.45) is 1.80. The summed E-state index contributed by atoms with van der Waals surface area (Å²) in [6, 6.07) is 11.1. The molecule has 0 atom stereocenters. The Bertz CT molecular complexity index is 730. The molecule has 2 aromatic rings. The van der Waals surface area contributed by atoms with E-state index >= 15 is 0 Å². The molecule has 0 bridgehead atoms. The molecule has 5 heteroatoms. The summed E-state index contributed by atoms with van der Waals surface area (Å²) in [6.45, 7) is 0. The van der Waals surface area contributed by atoms with Gasteiger partial charge in [-0.25, -0.2) is 0 Å². The number of fused-ring (bicyclic) bond motifs is 1. The molecule has 0 saturated heterocycles. The van der Waals surface area contributed by atoms with Crippen molar-refractivity contribution in [2.24, 2.45) is 0 Å². The SMILES string of the molecule is O=C1Nc2ccccc2/C1=C\c1cc(Br)c(O)c(Br)c1. The van der Waals surface area contributed by atoms with E-state index in [0.29, 0.717) is 14.5 Å². The molecule has 100 valence electrons. The fraction of sp³-hybridized carbons (Fsp3) is 0. The van der Waals surface area contributed by atoms with Crippen molar-refractivity contribution in [3.8, 4) is 5.75 Å². The molecule has 2 aromatic carbocycles. The van der Waals surface area contributed by atoms with Gasteiger partial charge in [0.15, 0.2) is 0 Å². The van der Waals surface area contributed by atoms with E-state index < -0.39 is 0 Å². The summed E-state index contributed by atoms with van der Waals surface area (Å²) in [4.78, 5) is 12.0. The first kappa shape index (κ1) is 13.4. The monoisotopic (exact) mass is 393 g/mol. The summed E-state index contributed by atoms with van der Waals surface area (Å²) in [5, 5.41) is 12.5. The van der Waals surface area contributed by atoms with E-state index in [-0.39, 0.29) is 11.7 Å². The van der Waals surface area contributed by atoms with Crippen molar-refractivity contribution in [3.05, 3.63) is 56.5 Å². The predicted octanol–water partition coefficient (Wildman–Crippen LogP) is 4.41. The lowest BCUT2D eigenvalue weighted by Crippen LogP contribution is -2.03. The Hall–Kier alpha value is -1.59. The zero-order valence-corrected chi connectivity index (χ0v) is 13.3. The lowest BCUT2D eigenvalue weighted by atomic mass is 10.0. The molecule has 0 aromatic heterocycles. The maximum Gasteiger partial charge on any atom is 0.256 e. The highest BCUT2D eigenvalue weighted by molar-refractivity contribution is 9.11. The third-order valence-electron chi connectivity index (χ3n) is 3.06. The number of rotatable bonds is 1. The Balaban J connectivity index is 2.11. The number of benzene rings is 2. The van der Waals surface area contributed by atoms with Crippen LogP contribution in [0.4, 0.5) is 5.69 Å². The second kappa shape index (κ2) is 5.07. The standard InChI is InChI=1S/C15H9Br2NO2/c16-11-6-8(7-12(17)14(11)19)5-10-9-3-1-2-4-13(9)18-15(10)20/h1-7,19H,(H,18,20)/b10-5+. The molecule has 0 spiro atoms. The lowest BCUT2D eigenvalue weighted by molar-refractivity contribution is -0.110. The first-order chi connectivity index (χ1) is 9.56. The van der Waals surface area contributed by atoms with Crippen molar-refractivity contribution < 1.29 is 9.90 Å². The van der Waals surface area contributed by atoms with E-state index in [4.69, 9.17) is 0 Å². The Morgan fingerprint density at radius 3 is 2.45 bits per heavy atom. The fourth-order valence-corrected chi connectivity index (χ4v) is 3.34. The van der Waals surface area contributed by atoms with Crippen molar-refractivity contribution in [2.75, 3.05) is 5.32 Å². The molecule has 0 saturated carbocycles. The number of phenols is 1. The van der Waals surface area contributed by atoms with Crippen LogP contribution in [0.3, 0.4) is 0 Å². The van der Waals surface area contributed by atoms with Crippen molar-refractivity contribution in [1.29, 1.82) is 0 Å². The Morgan fingerprint density at radius 2 is 1.75 bits per heavy atom. The third kappa shape index (κ3) is 2.27. The minimum atomic E-state index is -0.119. The van der Waals surface area contributed by atoms with Crippen molar-refractivity contribution in [1.82, 2.24) is 0 Å². The van der Waals surface area contributed by atoms with Crippen LogP contribution in [-0.2, 0) is 4.79 Å². The fourth-order valence-electron chi connectivity index (χ4n) is 2.12. The first-order valence-electron chi connectivity index (χ1n) is 5.87. The number of amides is 1. The molecule has 0 radical (unpaired) electrons. The first-order valence-corrected chi connectivity index (χ1v) is 7.45. The zero-order valence-electron chi connectivity index (χ0n) is 10.2. The number of phenolic OH excluding ortho intramolecular Hbond substituents is 1. The third-order valence-corrected chi connectivity index (χ3v) is 4.27. The van der Waals surface area contributed by atoms with E-state index in [2.05, 4.69) is 37.2 Å². The van der Waals surface area contributed by atoms with Gasteiger partial charge in [-0.1, -0.05) is 18.2 Å². The Kier molecular flexibility index (Phi) is 3.40. The van der Waals surface area contributed by atoms with Crippen LogP contribution in [0.5, 0.6) is 5.75 Å². The molecule has 0 fully saturated rings. The summed E-state index contributed by atoms with van der Waals surface area (Å²) in [7, 11) is 0. The second-order valence-electron chi connectivity index (χ2n) is 4.39. The van der Waals surface area contributed by atoms with Gasteiger partial charge in [0.05, 0.1) is 8.95 Å². The summed E-state index contributed by atoms with van der Waals surface area (Å²) in [5.74, 6) is 0.0231. The smallest absolute Gasteiger partial charge is 0.256 e. The zero-order chi connectivity index (χ0) is 14.3. The number of carbonyl (C=O) groups is 1. The van der Waals surface area contributed by atoms with Gasteiger partial charge in [-0.3, -0.25) is 4.79 Å². The minimum Gasteiger partial charge on any atom is -0.506 e. The van der Waals surface area contributed by atoms with Crippen molar-refractivity contribution in [3.63, 3.8) is 0 Å². The molecule has 1 heterocycles. The molecule has 3 rings (SSSR count). The van der Waals surface area contributed by atoms with Gasteiger partial charge in [0.2, 0.25) is 0 Å². The van der Waals surface area contributed by atoms with Crippen molar-refractivity contribution >= 4 is 55.1 Å². The van der Waals surface area contributed by atoms with Crippen LogP contribution < -0.4 is 5.32 Å². The number of halogens is 2. The molecule has 1 aliphatic heterocycles. The van der Waals surface area contributed by atoms with Gasteiger partial charge in [0.25, 0.3) is 5.91 Å². The number of hydrogen-bond acceptors (Lipinski definition) is 2. The van der Waals surface area contributed by atoms with Gasteiger partial charge in [-0.05, 0) is 61.7 Å². The molecule has 20 heavy (non-hydrogen) atoms. The number of nitrogens with one attached hydrogen (secondary N) is 1. The Labute approximate surface area is 132 Å². The number of para-hydroxylation sites is 1. The van der Waals surface area contributed by atoms with E-state index in [1.165, 1.54) is 0 Å². The van der Waals surface area contributed by atoms with Crippen molar-refractivity contribution in [2.45, 2.75) is 0 Å². The van der Waals surface area contributed by atoms with Crippen LogP contribution in [0.15, 0.2) is 45.3 Å². The average molecular weight is 395 g/mol. The van der Waals surface area contributed by atoms with Crippen LogP contribution in [0.2, 0.25) is 0 Å². The van der Waals surface area contributed by atoms with Gasteiger partial charge in [0.1, 0.15) is 5.75 Å². The molecular formula is C15H9Br2NO2. The van der Waals surface area contributed by atoms with Crippen LogP contribution in [0.25, 0.3) is 11.6 Å². The van der Waals surface area contributed by atoms with Gasteiger partial charge < -0.3 is 10.4 Å². The molecule has 2 N–H and O–H groups in total. The highest BCUT2D eigenvalue weighted by Crippen LogP contribution is 2.36. The van der Waals surface area contributed by atoms with Crippen LogP contribution in [0, 0.1) is 0 Å². The van der Waals surface area contributed by atoms with Gasteiger partial charge in [0, 0.05) is 16.8 Å². The Morgan fingerprint density at radius 1 is 1.10 bits per heavy atom. The molecule has 3 nitrogen and oxygen atoms in total. The lowest BCUT2D eigenvalue weighted by Gasteiger charge is -2.03. The summed E-state index contributed by atoms with van der Waals surface area (Å²) in [5.41, 5.74) is 3.15. The predicted molar refractivity (Wildman–Crippen MR) is 86.4 cm³/mol. The molecule has 1 aliphatic rings. The molecule has 0 aliphatic carbocycles. The van der Waals surface area contributed by atoms with E-state index in [1.807, 2.05) is 24.3 Å². The largest absolute Gasteiger partial charge is 0.506 e. The highest BCUT2D eigenvalue weighted by Gasteiger charge is 2.23. The second-order valence-corrected chi connectivity index (χ2v) is 6.10. The maximum absolute atomic E-state index is 12.0. The van der Waals surface area contributed by atoms with Crippen LogP contribution in [-0.4, -0.2) is 11.0 Å². The average Bonchev–Trinajstić information content (AvgIpc) is 2.73. The minimum absolute atomic E-state index is 0.119. The van der Waals surface area contributed by atoms with Crippen LogP contribution in [0.1, 0.15) is 11.1 Å². The quantitative estimate of drug-likeness (QED) is 0.704. The van der Waals surface area contributed by atoms with Gasteiger partial charge >= 0.3 is 0 Å². The number of hydrogen-bond donors (Lipinski definition) is 2. The molecule has 0 unspecified atom stereocenters. The maximum atomic E-state index is 12.0. The molecular weight excluding hydrogens is 386 g/mol. The summed E-state index contributed by atoms with van der Waals surface area (Å²) < 4.78 is 1.15. The van der Waals surface area contributed by atoms with Crippen LogP contribution >= 0.6 is 31.9 Å². The van der Waals surface area contributed by atoms with E-state index in [0.717, 1.165) is 16.8 Å². The van der Waals surface area contributed by atoms with Gasteiger partial charge in [-0.15, -0.1) is 0 Å². The number of anilines is 1. The van der Waals surface area contributed by atoms with Gasteiger partial charge in [-0.2, -0.15) is 0 Å². The molecule has 1 amide bonds. The number of aromatic hydroxyl groups is 1. The van der Waals surface area contributed by atoms with E-state index in [9.17, 15) is 9.90 Å². The highest BCUT2D eigenvalue weighted by atomic mass is 79.9. The normalized spacial score (nSPS) is 15.3.